The fourth-order valence-corrected chi connectivity index (χ4v) is 5.78. The summed E-state index contributed by atoms with van der Waals surface area (Å²) in [5.74, 6) is -0.192. The molecule has 134 valence electrons. The van der Waals surface area contributed by atoms with Gasteiger partial charge in [-0.05, 0) is 83.2 Å². The van der Waals surface area contributed by atoms with Crippen LogP contribution in [0.5, 0.6) is 0 Å². The molecule has 2 heterocycles. The first-order valence-electron chi connectivity index (χ1n) is 7.82. The maximum Gasteiger partial charge on any atom is 0.257 e. The normalized spacial score (nSPS) is 17.3. The van der Waals surface area contributed by atoms with Crippen LogP contribution in [0.25, 0.3) is 0 Å². The lowest BCUT2D eigenvalue weighted by atomic mass is 10.1. The summed E-state index contributed by atoms with van der Waals surface area (Å²) in [6, 6.07) is 11.2. The lowest BCUT2D eigenvalue weighted by molar-refractivity contribution is 0.102. The Morgan fingerprint density at radius 3 is 2.85 bits per heavy atom. The summed E-state index contributed by atoms with van der Waals surface area (Å²) in [5, 5.41) is 3.39. The van der Waals surface area contributed by atoms with Crippen LogP contribution in [0, 0.1) is 10.5 Å². The minimum absolute atomic E-state index is 0.00478. The van der Waals surface area contributed by atoms with Crippen LogP contribution in [0.4, 0.5) is 11.4 Å². The summed E-state index contributed by atoms with van der Waals surface area (Å²) in [6.45, 7) is 2.33. The van der Waals surface area contributed by atoms with Crippen molar-refractivity contribution in [3.05, 3.63) is 51.1 Å². The van der Waals surface area contributed by atoms with Crippen molar-refractivity contribution in [1.82, 2.24) is 0 Å². The number of aryl methyl sites for hydroxylation is 1. The highest BCUT2D eigenvalue weighted by Crippen LogP contribution is 2.42. The van der Waals surface area contributed by atoms with E-state index in [1.54, 1.807) is 12.1 Å². The fraction of sp³-hybridized carbons (Fsp3) is 0.176. The molecule has 6 nitrogen and oxygen atoms in total. The Kier molecular flexibility index (Phi) is 4.48. The van der Waals surface area contributed by atoms with Crippen molar-refractivity contribution < 1.29 is 13.2 Å². The van der Waals surface area contributed by atoms with Gasteiger partial charge in [0, 0.05) is 26.3 Å². The predicted octanol–water partition coefficient (Wildman–Crippen LogP) is 3.46. The molecule has 0 saturated heterocycles. The minimum Gasteiger partial charge on any atom is -0.322 e. The molecular weight excluding hydrogens is 485 g/mol. The summed E-state index contributed by atoms with van der Waals surface area (Å²) in [4.78, 5) is 15.3. The molecule has 2 aromatic carbocycles. The highest BCUT2D eigenvalue weighted by molar-refractivity contribution is 14.1. The number of anilines is 2. The van der Waals surface area contributed by atoms with Gasteiger partial charge in [-0.25, -0.2) is 8.42 Å². The van der Waals surface area contributed by atoms with Gasteiger partial charge in [0.1, 0.15) is 0 Å². The van der Waals surface area contributed by atoms with Crippen molar-refractivity contribution in [3.8, 4) is 0 Å². The second-order valence-electron chi connectivity index (χ2n) is 6.01. The SMILES string of the molecule is Cc1cc(I)ccc1NC(=O)c1ccc2c(c1)SC1=NS(=O)(=O)CCN12. The van der Waals surface area contributed by atoms with E-state index in [2.05, 4.69) is 32.3 Å². The quantitative estimate of drug-likeness (QED) is 0.641. The van der Waals surface area contributed by atoms with Gasteiger partial charge in [0.2, 0.25) is 0 Å². The summed E-state index contributed by atoms with van der Waals surface area (Å²) >= 11 is 3.51. The zero-order valence-corrected chi connectivity index (χ0v) is 17.5. The number of amidine groups is 1. The molecule has 0 spiro atoms. The number of thioether (sulfide) groups is 1. The number of sulfonamides is 1. The van der Waals surface area contributed by atoms with Crippen LogP contribution >= 0.6 is 34.4 Å². The third-order valence-electron chi connectivity index (χ3n) is 4.17. The Labute approximate surface area is 169 Å². The molecular formula is C17H14IN3O3S2. The summed E-state index contributed by atoms with van der Waals surface area (Å²) in [5.41, 5.74) is 3.19. The summed E-state index contributed by atoms with van der Waals surface area (Å²) in [7, 11) is -3.38. The van der Waals surface area contributed by atoms with Gasteiger partial charge >= 0.3 is 0 Å². The smallest absolute Gasteiger partial charge is 0.257 e. The monoisotopic (exact) mass is 499 g/mol. The number of nitrogens with zero attached hydrogens (tertiary/aromatic N) is 2. The van der Waals surface area contributed by atoms with E-state index in [-0.39, 0.29) is 11.7 Å². The number of hydrogen-bond acceptors (Lipinski definition) is 5. The van der Waals surface area contributed by atoms with E-state index in [1.807, 2.05) is 36.1 Å². The van der Waals surface area contributed by atoms with Crippen molar-refractivity contribution in [2.45, 2.75) is 11.8 Å². The van der Waals surface area contributed by atoms with E-state index in [9.17, 15) is 13.2 Å². The highest BCUT2D eigenvalue weighted by atomic mass is 127. The molecule has 9 heteroatoms. The molecule has 1 N–H and O–H groups in total. The fourth-order valence-electron chi connectivity index (χ4n) is 2.83. The van der Waals surface area contributed by atoms with Gasteiger partial charge in [-0.2, -0.15) is 0 Å². The second-order valence-corrected chi connectivity index (χ2v) is 10.0. The number of benzene rings is 2. The highest BCUT2D eigenvalue weighted by Gasteiger charge is 2.33. The van der Waals surface area contributed by atoms with Crippen LogP contribution in [-0.4, -0.2) is 31.8 Å². The van der Waals surface area contributed by atoms with E-state index < -0.39 is 10.0 Å². The molecule has 0 aromatic heterocycles. The maximum absolute atomic E-state index is 12.6. The van der Waals surface area contributed by atoms with Gasteiger partial charge in [-0.15, -0.1) is 4.40 Å². The lowest BCUT2D eigenvalue weighted by Crippen LogP contribution is -2.35. The van der Waals surface area contributed by atoms with Crippen LogP contribution < -0.4 is 10.2 Å². The zero-order chi connectivity index (χ0) is 18.5. The van der Waals surface area contributed by atoms with E-state index in [1.165, 1.54) is 11.8 Å². The Bertz CT molecular complexity index is 1070. The molecule has 0 aliphatic carbocycles. The van der Waals surface area contributed by atoms with E-state index in [0.717, 1.165) is 25.4 Å². The summed E-state index contributed by atoms with van der Waals surface area (Å²) in [6.07, 6.45) is 0. The Morgan fingerprint density at radius 2 is 2.08 bits per heavy atom. The molecule has 4 rings (SSSR count). The van der Waals surface area contributed by atoms with Gasteiger partial charge in [-0.3, -0.25) is 4.79 Å². The van der Waals surface area contributed by atoms with Crippen LogP contribution in [0.1, 0.15) is 15.9 Å². The topological polar surface area (TPSA) is 78.8 Å². The molecule has 0 fully saturated rings. The number of carbonyl (C=O) groups is 1. The molecule has 0 radical (unpaired) electrons. The number of hydrogen-bond donors (Lipinski definition) is 1. The van der Waals surface area contributed by atoms with Crippen LogP contribution in [-0.2, 0) is 10.0 Å². The Morgan fingerprint density at radius 1 is 1.27 bits per heavy atom. The second kappa shape index (κ2) is 6.54. The number of halogens is 1. The molecule has 2 aromatic rings. The molecule has 0 unspecified atom stereocenters. The third-order valence-corrected chi connectivity index (χ3v) is 7.15. The number of rotatable bonds is 2. The maximum atomic E-state index is 12.6. The van der Waals surface area contributed by atoms with Gasteiger partial charge in [0.15, 0.2) is 5.17 Å². The van der Waals surface area contributed by atoms with Crippen LogP contribution in [0.3, 0.4) is 0 Å². The molecule has 1 amide bonds. The van der Waals surface area contributed by atoms with Gasteiger partial charge in [-0.1, -0.05) is 0 Å². The predicted molar refractivity (Wildman–Crippen MR) is 113 cm³/mol. The molecule has 2 aliphatic heterocycles. The van der Waals surface area contributed by atoms with Crippen molar-refractivity contribution in [1.29, 1.82) is 0 Å². The lowest BCUT2D eigenvalue weighted by Gasteiger charge is -2.22. The van der Waals surface area contributed by atoms with Gasteiger partial charge in [0.05, 0.1) is 11.4 Å². The average molecular weight is 499 g/mol. The molecule has 0 saturated carbocycles. The number of carbonyl (C=O) groups excluding carboxylic acids is 1. The molecule has 0 atom stereocenters. The summed E-state index contributed by atoms with van der Waals surface area (Å²) < 4.78 is 28.3. The van der Waals surface area contributed by atoms with Gasteiger partial charge < -0.3 is 10.2 Å². The molecule has 2 aliphatic rings. The largest absolute Gasteiger partial charge is 0.322 e. The molecule has 0 bridgehead atoms. The third kappa shape index (κ3) is 3.35. The standard InChI is InChI=1S/C17H14IN3O3S2/c1-10-8-12(18)3-4-13(10)19-16(22)11-2-5-14-15(9-11)25-17-20-26(23,24)7-6-21(14)17/h2-5,8-9H,6-7H2,1H3,(H,19,22). The molecule has 26 heavy (non-hydrogen) atoms. The van der Waals surface area contributed by atoms with Crippen molar-refractivity contribution >= 4 is 66.8 Å². The first-order valence-corrected chi connectivity index (χ1v) is 11.3. The first-order chi connectivity index (χ1) is 12.3. The van der Waals surface area contributed by atoms with Crippen molar-refractivity contribution in [2.75, 3.05) is 22.5 Å². The van der Waals surface area contributed by atoms with Crippen LogP contribution in [0.15, 0.2) is 45.7 Å². The Balaban J connectivity index is 1.60. The Hall–Kier alpha value is -1.59. The van der Waals surface area contributed by atoms with Crippen molar-refractivity contribution in [2.24, 2.45) is 4.40 Å². The average Bonchev–Trinajstić information content (AvgIpc) is 2.92. The number of nitrogens with one attached hydrogen (secondary N) is 1. The van der Waals surface area contributed by atoms with Crippen molar-refractivity contribution in [3.63, 3.8) is 0 Å². The number of fused-ring (bicyclic) bond motifs is 3. The van der Waals surface area contributed by atoms with E-state index >= 15 is 0 Å². The van der Waals surface area contributed by atoms with E-state index in [4.69, 9.17) is 0 Å². The van der Waals surface area contributed by atoms with E-state index in [0.29, 0.717) is 17.3 Å². The number of amides is 1. The first kappa shape index (κ1) is 17.8. The van der Waals surface area contributed by atoms with Crippen LogP contribution in [0.2, 0.25) is 0 Å². The minimum atomic E-state index is -3.38. The van der Waals surface area contributed by atoms with Gasteiger partial charge in [0.25, 0.3) is 15.9 Å². The zero-order valence-electron chi connectivity index (χ0n) is 13.7.